The molecule has 0 spiro atoms. The highest BCUT2D eigenvalue weighted by atomic mass is 16.5. The fourth-order valence-electron chi connectivity index (χ4n) is 2.81. The zero-order valence-electron chi connectivity index (χ0n) is 13.0. The Labute approximate surface area is 136 Å². The molecule has 5 nitrogen and oxygen atoms in total. The number of hydrogen-bond donors (Lipinski definition) is 1. The molecule has 2 aromatic rings. The number of aromatic nitrogens is 1. The first kappa shape index (κ1) is 15.6. The maximum atomic E-state index is 12.3. The van der Waals surface area contributed by atoms with E-state index in [1.165, 1.54) is 0 Å². The summed E-state index contributed by atoms with van der Waals surface area (Å²) in [7, 11) is 0. The van der Waals surface area contributed by atoms with Gasteiger partial charge in [-0.15, -0.1) is 0 Å². The van der Waals surface area contributed by atoms with E-state index in [9.17, 15) is 4.79 Å². The first-order valence-corrected chi connectivity index (χ1v) is 7.89. The minimum Gasteiger partial charge on any atom is -0.379 e. The molecular formula is C18H21N3O2. The fourth-order valence-corrected chi connectivity index (χ4v) is 2.81. The van der Waals surface area contributed by atoms with Crippen LogP contribution in [0.1, 0.15) is 22.0 Å². The number of amides is 1. The summed E-state index contributed by atoms with van der Waals surface area (Å²) in [6.45, 7) is 3.77. The van der Waals surface area contributed by atoms with Crippen molar-refractivity contribution < 1.29 is 9.53 Å². The lowest BCUT2D eigenvalue weighted by atomic mass is 10.1. The smallest absolute Gasteiger partial charge is 0.251 e. The van der Waals surface area contributed by atoms with Crippen molar-refractivity contribution in [1.82, 2.24) is 15.2 Å². The van der Waals surface area contributed by atoms with Gasteiger partial charge < -0.3 is 10.1 Å². The lowest BCUT2D eigenvalue weighted by molar-refractivity contribution is 0.0162. The van der Waals surface area contributed by atoms with Gasteiger partial charge in [-0.1, -0.05) is 18.2 Å². The molecule has 1 aliphatic heterocycles. The van der Waals surface area contributed by atoms with Crippen molar-refractivity contribution in [3.63, 3.8) is 0 Å². The van der Waals surface area contributed by atoms with Crippen LogP contribution in [0.15, 0.2) is 54.9 Å². The van der Waals surface area contributed by atoms with Crippen LogP contribution in [0.2, 0.25) is 0 Å². The lowest BCUT2D eigenvalue weighted by Crippen LogP contribution is -2.43. The van der Waals surface area contributed by atoms with E-state index in [0.29, 0.717) is 12.1 Å². The first-order chi connectivity index (χ1) is 11.3. The number of nitrogens with zero attached hydrogens (tertiary/aromatic N) is 2. The Morgan fingerprint density at radius 3 is 2.52 bits per heavy atom. The van der Waals surface area contributed by atoms with Crippen molar-refractivity contribution in [2.24, 2.45) is 0 Å². The Morgan fingerprint density at radius 1 is 1.13 bits per heavy atom. The maximum Gasteiger partial charge on any atom is 0.251 e. The Bertz CT molecular complexity index is 613. The average Bonchev–Trinajstić information content (AvgIpc) is 2.64. The van der Waals surface area contributed by atoms with Crippen molar-refractivity contribution in [1.29, 1.82) is 0 Å². The highest BCUT2D eigenvalue weighted by Gasteiger charge is 2.23. The third-order valence-electron chi connectivity index (χ3n) is 4.07. The van der Waals surface area contributed by atoms with E-state index in [1.54, 1.807) is 12.4 Å². The number of pyridine rings is 1. The molecule has 1 aromatic heterocycles. The topological polar surface area (TPSA) is 54.5 Å². The zero-order valence-corrected chi connectivity index (χ0v) is 13.0. The molecule has 0 aliphatic carbocycles. The van der Waals surface area contributed by atoms with Gasteiger partial charge in [-0.25, -0.2) is 0 Å². The third-order valence-corrected chi connectivity index (χ3v) is 4.07. The van der Waals surface area contributed by atoms with Crippen LogP contribution in [0.3, 0.4) is 0 Å². The molecule has 5 heteroatoms. The predicted octanol–water partition coefficient (Wildman–Crippen LogP) is 1.88. The molecule has 1 N–H and O–H groups in total. The molecule has 1 atom stereocenters. The van der Waals surface area contributed by atoms with Crippen molar-refractivity contribution in [3.8, 4) is 0 Å². The maximum absolute atomic E-state index is 12.3. The van der Waals surface area contributed by atoms with Gasteiger partial charge in [0.05, 0.1) is 19.3 Å². The summed E-state index contributed by atoms with van der Waals surface area (Å²) in [5, 5.41) is 3.05. The Kier molecular flexibility index (Phi) is 5.34. The lowest BCUT2D eigenvalue weighted by Gasteiger charge is -2.34. The van der Waals surface area contributed by atoms with Crippen LogP contribution in [0.5, 0.6) is 0 Å². The molecule has 0 saturated carbocycles. The molecule has 1 saturated heterocycles. The van der Waals surface area contributed by atoms with E-state index in [4.69, 9.17) is 4.74 Å². The Hall–Kier alpha value is -2.24. The highest BCUT2D eigenvalue weighted by Crippen LogP contribution is 2.20. The summed E-state index contributed by atoms with van der Waals surface area (Å²) in [5.41, 5.74) is 1.85. The monoisotopic (exact) mass is 311 g/mol. The molecule has 1 fully saturated rings. The molecule has 1 aromatic carbocycles. The number of carbonyl (C=O) groups is 1. The molecule has 0 radical (unpaired) electrons. The summed E-state index contributed by atoms with van der Waals surface area (Å²) < 4.78 is 5.44. The van der Waals surface area contributed by atoms with E-state index in [2.05, 4.69) is 15.2 Å². The molecule has 1 unspecified atom stereocenters. The number of hydrogen-bond acceptors (Lipinski definition) is 4. The predicted molar refractivity (Wildman–Crippen MR) is 88.1 cm³/mol. The molecular weight excluding hydrogens is 290 g/mol. The molecule has 1 aliphatic rings. The van der Waals surface area contributed by atoms with Crippen LogP contribution in [0.25, 0.3) is 0 Å². The second kappa shape index (κ2) is 7.85. The van der Waals surface area contributed by atoms with Crippen LogP contribution in [-0.4, -0.2) is 48.6 Å². The average molecular weight is 311 g/mol. The number of benzene rings is 1. The van der Waals surface area contributed by atoms with Crippen molar-refractivity contribution in [2.75, 3.05) is 32.8 Å². The zero-order chi connectivity index (χ0) is 15.9. The number of morpholine rings is 1. The van der Waals surface area contributed by atoms with Crippen LogP contribution in [-0.2, 0) is 4.74 Å². The van der Waals surface area contributed by atoms with Gasteiger partial charge in [0.1, 0.15) is 0 Å². The summed E-state index contributed by atoms with van der Waals surface area (Å²) >= 11 is 0. The minimum absolute atomic E-state index is 0.0436. The number of nitrogens with one attached hydrogen (secondary N) is 1. The summed E-state index contributed by atoms with van der Waals surface area (Å²) in [6, 6.07) is 13.5. The molecule has 120 valence electrons. The normalized spacial score (nSPS) is 16.7. The SMILES string of the molecule is O=C(NCC(c1ccncc1)N1CCOCC1)c1ccccc1. The molecule has 3 rings (SSSR count). The van der Waals surface area contributed by atoms with E-state index < -0.39 is 0 Å². The van der Waals surface area contributed by atoms with Crippen LogP contribution in [0, 0.1) is 0 Å². The van der Waals surface area contributed by atoms with Gasteiger partial charge in [-0.05, 0) is 29.8 Å². The van der Waals surface area contributed by atoms with Gasteiger partial charge in [-0.3, -0.25) is 14.7 Å². The van der Waals surface area contributed by atoms with Gasteiger partial charge >= 0.3 is 0 Å². The van der Waals surface area contributed by atoms with Crippen molar-refractivity contribution in [3.05, 3.63) is 66.0 Å². The van der Waals surface area contributed by atoms with Crippen LogP contribution >= 0.6 is 0 Å². The second-order valence-electron chi connectivity index (χ2n) is 5.52. The summed E-state index contributed by atoms with van der Waals surface area (Å²) in [4.78, 5) is 18.7. The summed E-state index contributed by atoms with van der Waals surface area (Å²) in [6.07, 6.45) is 3.59. The molecule has 23 heavy (non-hydrogen) atoms. The fraction of sp³-hybridized carbons (Fsp3) is 0.333. The van der Waals surface area contributed by atoms with Crippen LogP contribution < -0.4 is 5.32 Å². The third kappa shape index (κ3) is 4.15. The Balaban J connectivity index is 1.70. The Morgan fingerprint density at radius 2 is 1.83 bits per heavy atom. The minimum atomic E-state index is -0.0436. The molecule has 0 bridgehead atoms. The summed E-state index contributed by atoms with van der Waals surface area (Å²) in [5.74, 6) is -0.0436. The van der Waals surface area contributed by atoms with Gasteiger partial charge in [0.25, 0.3) is 5.91 Å². The van der Waals surface area contributed by atoms with Crippen molar-refractivity contribution >= 4 is 5.91 Å². The number of carbonyl (C=O) groups excluding carboxylic acids is 1. The standard InChI is InChI=1S/C18H21N3O2/c22-18(16-4-2-1-3-5-16)20-14-17(15-6-8-19-9-7-15)21-10-12-23-13-11-21/h1-9,17H,10-14H2,(H,20,22). The van der Waals surface area contributed by atoms with E-state index >= 15 is 0 Å². The van der Waals surface area contributed by atoms with Gasteiger partial charge in [0.2, 0.25) is 0 Å². The van der Waals surface area contributed by atoms with Crippen LogP contribution in [0.4, 0.5) is 0 Å². The van der Waals surface area contributed by atoms with Gasteiger partial charge in [0, 0.05) is 37.6 Å². The highest BCUT2D eigenvalue weighted by molar-refractivity contribution is 5.94. The molecule has 1 amide bonds. The number of rotatable bonds is 5. The second-order valence-corrected chi connectivity index (χ2v) is 5.52. The number of ether oxygens (including phenoxy) is 1. The van der Waals surface area contributed by atoms with E-state index in [1.807, 2.05) is 42.5 Å². The van der Waals surface area contributed by atoms with E-state index in [-0.39, 0.29) is 11.9 Å². The quantitative estimate of drug-likeness (QED) is 0.916. The first-order valence-electron chi connectivity index (χ1n) is 7.89. The largest absolute Gasteiger partial charge is 0.379 e. The van der Waals surface area contributed by atoms with Gasteiger partial charge in [-0.2, -0.15) is 0 Å². The molecule has 2 heterocycles. The van der Waals surface area contributed by atoms with Crippen molar-refractivity contribution in [2.45, 2.75) is 6.04 Å². The van der Waals surface area contributed by atoms with E-state index in [0.717, 1.165) is 31.9 Å². The van der Waals surface area contributed by atoms with Gasteiger partial charge in [0.15, 0.2) is 0 Å².